The SMILES string of the molecule is [B]CC(=O)c1ccc(-c2noc(C(F)(F)F)n2)cc1. The van der Waals surface area contributed by atoms with Crippen LogP contribution in [0.4, 0.5) is 13.2 Å². The lowest BCUT2D eigenvalue weighted by molar-refractivity contribution is -0.159. The number of ketones is 1. The Hall–Kier alpha value is -2.12. The molecular weight excluding hydrogens is 260 g/mol. The van der Waals surface area contributed by atoms with Gasteiger partial charge in [-0.05, 0) is 6.32 Å². The van der Waals surface area contributed by atoms with Gasteiger partial charge in [0.1, 0.15) is 0 Å². The van der Waals surface area contributed by atoms with E-state index >= 15 is 0 Å². The van der Waals surface area contributed by atoms with Crippen LogP contribution < -0.4 is 0 Å². The highest BCUT2D eigenvalue weighted by Crippen LogP contribution is 2.29. The fourth-order valence-electron chi connectivity index (χ4n) is 1.38. The summed E-state index contributed by atoms with van der Waals surface area (Å²) >= 11 is 0. The number of carbonyl (C=O) groups is 1. The molecule has 2 aromatic rings. The molecule has 0 amide bonds. The first kappa shape index (κ1) is 13.3. The number of Topliss-reactive ketones (excluding diaryl/α,β-unsaturated/α-hetero) is 1. The van der Waals surface area contributed by atoms with Gasteiger partial charge in [0.2, 0.25) is 5.82 Å². The minimum atomic E-state index is -4.68. The zero-order chi connectivity index (χ0) is 14.0. The Balaban J connectivity index is 2.28. The summed E-state index contributed by atoms with van der Waals surface area (Å²) in [5.74, 6) is -1.88. The largest absolute Gasteiger partial charge is 0.471 e. The van der Waals surface area contributed by atoms with Crippen molar-refractivity contribution >= 4 is 13.6 Å². The van der Waals surface area contributed by atoms with E-state index in [2.05, 4.69) is 14.7 Å². The zero-order valence-electron chi connectivity index (χ0n) is 9.44. The second-order valence-electron chi connectivity index (χ2n) is 3.63. The lowest BCUT2D eigenvalue weighted by Crippen LogP contribution is -2.04. The minimum absolute atomic E-state index is 0.139. The Labute approximate surface area is 107 Å². The van der Waals surface area contributed by atoms with Gasteiger partial charge in [0.05, 0.1) is 7.85 Å². The first-order valence-electron chi connectivity index (χ1n) is 5.16. The molecule has 0 atom stereocenters. The molecule has 1 aromatic heterocycles. The van der Waals surface area contributed by atoms with Crippen LogP contribution in [0.3, 0.4) is 0 Å². The summed E-state index contributed by atoms with van der Waals surface area (Å²) in [7, 11) is 5.19. The number of carbonyl (C=O) groups excluding carboxylic acids is 1. The predicted octanol–water partition coefficient (Wildman–Crippen LogP) is 2.52. The number of rotatable bonds is 3. The Morgan fingerprint density at radius 3 is 2.37 bits per heavy atom. The van der Waals surface area contributed by atoms with E-state index in [4.69, 9.17) is 7.85 Å². The molecule has 0 spiro atoms. The summed E-state index contributed by atoms with van der Waals surface area (Å²) in [5, 5.41) is 3.23. The average molecular weight is 266 g/mol. The lowest BCUT2D eigenvalue weighted by Gasteiger charge is -1.99. The maximum atomic E-state index is 12.3. The van der Waals surface area contributed by atoms with Crippen LogP contribution in [-0.4, -0.2) is 23.8 Å². The fraction of sp³-hybridized carbons (Fsp3) is 0.182. The van der Waals surface area contributed by atoms with Crippen molar-refractivity contribution in [3.05, 3.63) is 35.7 Å². The summed E-state index contributed by atoms with van der Waals surface area (Å²) in [6, 6.07) is 5.73. The normalized spacial score (nSPS) is 11.5. The van der Waals surface area contributed by atoms with Gasteiger partial charge in [-0.15, -0.1) is 0 Å². The molecule has 0 bridgehead atoms. The molecule has 0 fully saturated rings. The summed E-state index contributed by atoms with van der Waals surface area (Å²) in [6.07, 6.45) is -4.82. The van der Waals surface area contributed by atoms with E-state index in [-0.39, 0.29) is 17.9 Å². The quantitative estimate of drug-likeness (QED) is 0.632. The molecule has 0 saturated heterocycles. The molecule has 4 nitrogen and oxygen atoms in total. The molecule has 1 aromatic carbocycles. The third kappa shape index (κ3) is 2.83. The van der Waals surface area contributed by atoms with E-state index < -0.39 is 12.1 Å². The molecule has 2 radical (unpaired) electrons. The fourth-order valence-corrected chi connectivity index (χ4v) is 1.38. The number of hydrogen-bond acceptors (Lipinski definition) is 4. The van der Waals surface area contributed by atoms with Crippen LogP contribution in [0.5, 0.6) is 0 Å². The smallest absolute Gasteiger partial charge is 0.329 e. The molecule has 0 saturated carbocycles. The Morgan fingerprint density at radius 2 is 1.89 bits per heavy atom. The predicted molar refractivity (Wildman–Crippen MR) is 59.6 cm³/mol. The van der Waals surface area contributed by atoms with Gasteiger partial charge in [-0.1, -0.05) is 29.4 Å². The second-order valence-corrected chi connectivity index (χ2v) is 3.63. The molecule has 0 aliphatic carbocycles. The highest BCUT2D eigenvalue weighted by Gasteiger charge is 2.38. The van der Waals surface area contributed by atoms with Crippen LogP contribution in [0.25, 0.3) is 11.4 Å². The Bertz CT molecular complexity index is 593. The molecule has 0 unspecified atom stereocenters. The van der Waals surface area contributed by atoms with Crippen LogP contribution in [0, 0.1) is 0 Å². The molecular formula is C11H6BF3N2O2. The van der Waals surface area contributed by atoms with Gasteiger partial charge in [0.25, 0.3) is 0 Å². The molecule has 8 heteroatoms. The first-order chi connectivity index (χ1) is 8.91. The molecule has 96 valence electrons. The Morgan fingerprint density at radius 1 is 1.26 bits per heavy atom. The number of alkyl halides is 3. The summed E-state index contributed by atoms with van der Waals surface area (Å²) < 4.78 is 40.9. The number of benzene rings is 1. The van der Waals surface area contributed by atoms with E-state index in [0.717, 1.165) is 0 Å². The standard InChI is InChI=1S/C11H6BF3N2O2/c12-5-8(18)6-1-3-7(4-2-6)9-16-10(19-17-9)11(13,14)15/h1-4H,5H2. The average Bonchev–Trinajstić information content (AvgIpc) is 2.87. The van der Waals surface area contributed by atoms with E-state index in [1.807, 2.05) is 0 Å². The van der Waals surface area contributed by atoms with Crippen LogP contribution in [0.15, 0.2) is 28.8 Å². The topological polar surface area (TPSA) is 56.0 Å². The van der Waals surface area contributed by atoms with E-state index in [0.29, 0.717) is 11.1 Å². The highest BCUT2D eigenvalue weighted by atomic mass is 19.4. The van der Waals surface area contributed by atoms with E-state index in [1.165, 1.54) is 24.3 Å². The van der Waals surface area contributed by atoms with Crippen molar-refractivity contribution in [3.8, 4) is 11.4 Å². The maximum Gasteiger partial charge on any atom is 0.471 e. The van der Waals surface area contributed by atoms with Crippen molar-refractivity contribution < 1.29 is 22.5 Å². The van der Waals surface area contributed by atoms with Crippen LogP contribution in [0.2, 0.25) is 6.32 Å². The van der Waals surface area contributed by atoms with E-state index in [1.54, 1.807) is 0 Å². The van der Waals surface area contributed by atoms with Crippen LogP contribution in [0.1, 0.15) is 16.2 Å². The van der Waals surface area contributed by atoms with Crippen molar-refractivity contribution in [1.82, 2.24) is 10.1 Å². The van der Waals surface area contributed by atoms with Gasteiger partial charge in [0.15, 0.2) is 5.78 Å². The van der Waals surface area contributed by atoms with Gasteiger partial charge < -0.3 is 4.52 Å². The summed E-state index contributed by atoms with van der Waals surface area (Å²) in [6.45, 7) is 0. The van der Waals surface area contributed by atoms with Crippen molar-refractivity contribution in [3.63, 3.8) is 0 Å². The molecule has 19 heavy (non-hydrogen) atoms. The van der Waals surface area contributed by atoms with Gasteiger partial charge >= 0.3 is 12.1 Å². The van der Waals surface area contributed by atoms with E-state index in [9.17, 15) is 18.0 Å². The summed E-state index contributed by atoms with van der Waals surface area (Å²) in [4.78, 5) is 14.5. The number of halogens is 3. The molecule has 2 rings (SSSR count). The molecule has 0 N–H and O–H groups in total. The zero-order valence-corrected chi connectivity index (χ0v) is 9.44. The lowest BCUT2D eigenvalue weighted by atomic mass is 9.95. The van der Waals surface area contributed by atoms with Gasteiger partial charge in [0, 0.05) is 11.1 Å². The second kappa shape index (κ2) is 4.87. The highest BCUT2D eigenvalue weighted by molar-refractivity contribution is 6.24. The van der Waals surface area contributed by atoms with Crippen molar-refractivity contribution in [2.45, 2.75) is 12.5 Å². The van der Waals surface area contributed by atoms with Crippen molar-refractivity contribution in [2.24, 2.45) is 0 Å². The van der Waals surface area contributed by atoms with Gasteiger partial charge in [-0.25, -0.2) is 0 Å². The minimum Gasteiger partial charge on any atom is -0.329 e. The molecule has 0 aliphatic heterocycles. The maximum absolute atomic E-state index is 12.3. The monoisotopic (exact) mass is 266 g/mol. The van der Waals surface area contributed by atoms with Gasteiger partial charge in [-0.2, -0.15) is 18.2 Å². The molecule has 0 aliphatic rings. The third-order valence-electron chi connectivity index (χ3n) is 2.32. The molecule has 1 heterocycles. The van der Waals surface area contributed by atoms with Gasteiger partial charge in [-0.3, -0.25) is 4.79 Å². The van der Waals surface area contributed by atoms with Crippen LogP contribution >= 0.6 is 0 Å². The number of aromatic nitrogens is 2. The van der Waals surface area contributed by atoms with Crippen molar-refractivity contribution in [2.75, 3.05) is 0 Å². The van der Waals surface area contributed by atoms with Crippen molar-refractivity contribution in [1.29, 1.82) is 0 Å². The number of hydrogen-bond donors (Lipinski definition) is 0. The Kier molecular flexibility index (Phi) is 3.41. The first-order valence-corrected chi connectivity index (χ1v) is 5.16. The van der Waals surface area contributed by atoms with Crippen LogP contribution in [-0.2, 0) is 6.18 Å². The third-order valence-corrected chi connectivity index (χ3v) is 2.32. The number of nitrogens with zero attached hydrogens (tertiary/aromatic N) is 2. The summed E-state index contributed by atoms with van der Waals surface area (Å²) in [5.41, 5.74) is 0.679.